The second kappa shape index (κ2) is 4.74. The minimum atomic E-state index is -0.991. The molecule has 92 valence electrons. The van der Waals surface area contributed by atoms with E-state index in [9.17, 15) is 9.59 Å². The number of hydrogen-bond donors (Lipinski definition) is 2. The van der Waals surface area contributed by atoms with Crippen molar-refractivity contribution in [1.29, 1.82) is 0 Å². The summed E-state index contributed by atoms with van der Waals surface area (Å²) in [4.78, 5) is 28.2. The summed E-state index contributed by atoms with van der Waals surface area (Å²) in [5.74, 6) is 0.00778. The molecule has 7 nitrogen and oxygen atoms in total. The topological polar surface area (TPSA) is 99.2 Å². The Morgan fingerprint density at radius 1 is 1.65 bits per heavy atom. The fourth-order valence-electron chi connectivity index (χ4n) is 1.52. The van der Waals surface area contributed by atoms with Crippen LogP contribution in [0.2, 0.25) is 0 Å². The molecule has 1 aromatic rings. The second-order valence-corrected chi connectivity index (χ2v) is 4.59. The Kier molecular flexibility index (Phi) is 3.32. The Hall–Kier alpha value is -1.57. The van der Waals surface area contributed by atoms with Gasteiger partial charge in [0.15, 0.2) is 0 Å². The van der Waals surface area contributed by atoms with E-state index in [0.717, 1.165) is 0 Å². The molecule has 0 spiro atoms. The van der Waals surface area contributed by atoms with Crippen molar-refractivity contribution in [2.24, 2.45) is 0 Å². The fourth-order valence-corrected chi connectivity index (χ4v) is 2.67. The quantitative estimate of drug-likeness (QED) is 0.787. The Morgan fingerprint density at radius 2 is 2.41 bits per heavy atom. The number of H-pyrrole nitrogens is 1. The average Bonchev–Trinajstić information content (AvgIpc) is 2.97. The standard InChI is InChI=1S/C9H12N4O3S/c1-2-6-10-7(12-11-6)8(14)13-4-17-3-5(13)9(15)16/h5H,2-4H2,1H3,(H,15,16)(H,10,11,12). The van der Waals surface area contributed by atoms with Crippen molar-refractivity contribution in [2.45, 2.75) is 19.4 Å². The Balaban J connectivity index is 2.16. The van der Waals surface area contributed by atoms with Gasteiger partial charge in [-0.15, -0.1) is 16.9 Å². The summed E-state index contributed by atoms with van der Waals surface area (Å²) in [6.45, 7) is 1.89. The normalized spacial score (nSPS) is 19.6. The molecular weight excluding hydrogens is 244 g/mol. The molecule has 0 bridgehead atoms. The summed E-state index contributed by atoms with van der Waals surface area (Å²) < 4.78 is 0. The number of aryl methyl sites for hydroxylation is 1. The van der Waals surface area contributed by atoms with E-state index in [2.05, 4.69) is 15.2 Å². The number of nitrogens with one attached hydrogen (secondary N) is 1. The zero-order chi connectivity index (χ0) is 12.4. The predicted molar refractivity (Wildman–Crippen MR) is 60.7 cm³/mol. The van der Waals surface area contributed by atoms with Crippen LogP contribution in [0.3, 0.4) is 0 Å². The van der Waals surface area contributed by atoms with Gasteiger partial charge < -0.3 is 10.0 Å². The smallest absolute Gasteiger partial charge is 0.327 e. The lowest BCUT2D eigenvalue weighted by molar-refractivity contribution is -0.140. The van der Waals surface area contributed by atoms with Gasteiger partial charge in [0.25, 0.3) is 5.91 Å². The van der Waals surface area contributed by atoms with E-state index in [0.29, 0.717) is 23.9 Å². The molecular formula is C9H12N4O3S. The third-order valence-corrected chi connectivity index (χ3v) is 3.50. The number of nitrogens with zero attached hydrogens (tertiary/aromatic N) is 3. The van der Waals surface area contributed by atoms with E-state index < -0.39 is 17.9 Å². The summed E-state index contributed by atoms with van der Waals surface area (Å²) in [5, 5.41) is 15.4. The van der Waals surface area contributed by atoms with Crippen LogP contribution in [0.1, 0.15) is 23.4 Å². The van der Waals surface area contributed by atoms with Crippen LogP contribution in [-0.2, 0) is 11.2 Å². The molecule has 0 aromatic carbocycles. The van der Waals surface area contributed by atoms with Gasteiger partial charge in [-0.2, -0.15) is 0 Å². The lowest BCUT2D eigenvalue weighted by Gasteiger charge is -2.18. The molecule has 1 aliphatic rings. The van der Waals surface area contributed by atoms with Crippen molar-refractivity contribution in [3.63, 3.8) is 0 Å². The molecule has 17 heavy (non-hydrogen) atoms. The molecule has 0 saturated carbocycles. The summed E-state index contributed by atoms with van der Waals surface area (Å²) in [5.41, 5.74) is 0. The van der Waals surface area contributed by atoms with Crippen LogP contribution >= 0.6 is 11.8 Å². The third-order valence-electron chi connectivity index (χ3n) is 2.49. The van der Waals surface area contributed by atoms with E-state index in [4.69, 9.17) is 5.11 Å². The van der Waals surface area contributed by atoms with Crippen LogP contribution in [0.25, 0.3) is 0 Å². The van der Waals surface area contributed by atoms with Gasteiger partial charge in [-0.1, -0.05) is 6.92 Å². The van der Waals surface area contributed by atoms with Crippen molar-refractivity contribution >= 4 is 23.6 Å². The molecule has 2 N–H and O–H groups in total. The zero-order valence-corrected chi connectivity index (χ0v) is 10.0. The minimum Gasteiger partial charge on any atom is -0.480 e. The van der Waals surface area contributed by atoms with E-state index in [1.807, 2.05) is 6.92 Å². The number of hydrogen-bond acceptors (Lipinski definition) is 5. The first-order valence-electron chi connectivity index (χ1n) is 5.16. The second-order valence-electron chi connectivity index (χ2n) is 3.59. The summed E-state index contributed by atoms with van der Waals surface area (Å²) in [6, 6.07) is -0.781. The summed E-state index contributed by atoms with van der Waals surface area (Å²) in [6.07, 6.45) is 0.650. The Morgan fingerprint density at radius 3 is 3.00 bits per heavy atom. The molecule has 2 rings (SSSR count). The maximum Gasteiger partial charge on any atom is 0.327 e. The summed E-state index contributed by atoms with van der Waals surface area (Å²) in [7, 11) is 0. The van der Waals surface area contributed by atoms with Crippen molar-refractivity contribution in [2.75, 3.05) is 11.6 Å². The van der Waals surface area contributed by atoms with Gasteiger partial charge in [0, 0.05) is 12.2 Å². The van der Waals surface area contributed by atoms with E-state index in [1.54, 1.807) is 0 Å². The van der Waals surface area contributed by atoms with Crippen LogP contribution < -0.4 is 0 Å². The highest BCUT2D eigenvalue weighted by Crippen LogP contribution is 2.22. The number of carboxylic acids is 1. The van der Waals surface area contributed by atoms with Crippen molar-refractivity contribution in [1.82, 2.24) is 20.1 Å². The van der Waals surface area contributed by atoms with Crippen molar-refractivity contribution < 1.29 is 14.7 Å². The molecule has 1 aliphatic heterocycles. The molecule has 1 amide bonds. The Bertz CT molecular complexity index is 447. The monoisotopic (exact) mass is 256 g/mol. The molecule has 1 unspecified atom stereocenters. The number of amides is 1. The van der Waals surface area contributed by atoms with Crippen LogP contribution in [0.15, 0.2) is 0 Å². The number of aliphatic carboxylic acids is 1. The molecule has 1 saturated heterocycles. The van der Waals surface area contributed by atoms with Gasteiger partial charge in [0.1, 0.15) is 11.9 Å². The van der Waals surface area contributed by atoms with E-state index >= 15 is 0 Å². The lowest BCUT2D eigenvalue weighted by atomic mass is 10.3. The summed E-state index contributed by atoms with van der Waals surface area (Å²) >= 11 is 1.41. The highest BCUT2D eigenvalue weighted by Gasteiger charge is 2.36. The average molecular weight is 256 g/mol. The largest absolute Gasteiger partial charge is 0.480 e. The number of aromatic nitrogens is 3. The van der Waals surface area contributed by atoms with Gasteiger partial charge >= 0.3 is 5.97 Å². The number of carboxylic acid groups (broad SMARTS) is 1. The van der Waals surface area contributed by atoms with Crippen LogP contribution in [-0.4, -0.2) is 54.7 Å². The van der Waals surface area contributed by atoms with Gasteiger partial charge in [-0.3, -0.25) is 9.89 Å². The molecule has 2 heterocycles. The zero-order valence-electron chi connectivity index (χ0n) is 9.21. The van der Waals surface area contributed by atoms with Crippen LogP contribution in [0, 0.1) is 0 Å². The minimum absolute atomic E-state index is 0.0376. The molecule has 1 atom stereocenters. The van der Waals surface area contributed by atoms with E-state index in [1.165, 1.54) is 16.7 Å². The van der Waals surface area contributed by atoms with Crippen LogP contribution in [0.4, 0.5) is 0 Å². The molecule has 0 aliphatic carbocycles. The molecule has 1 aromatic heterocycles. The van der Waals surface area contributed by atoms with Crippen molar-refractivity contribution in [3.8, 4) is 0 Å². The maximum absolute atomic E-state index is 12.0. The molecule has 8 heteroatoms. The molecule has 0 radical (unpaired) electrons. The number of aromatic amines is 1. The first-order valence-corrected chi connectivity index (χ1v) is 6.31. The SMILES string of the molecule is CCc1nc(C(=O)N2CSCC2C(=O)O)n[nH]1. The van der Waals surface area contributed by atoms with Gasteiger partial charge in [-0.05, 0) is 0 Å². The first kappa shape index (κ1) is 11.9. The van der Waals surface area contributed by atoms with Gasteiger partial charge in [0.2, 0.25) is 5.82 Å². The number of carbonyl (C=O) groups is 2. The fraction of sp³-hybridized carbons (Fsp3) is 0.556. The highest BCUT2D eigenvalue weighted by molar-refractivity contribution is 7.99. The van der Waals surface area contributed by atoms with Crippen molar-refractivity contribution in [3.05, 3.63) is 11.6 Å². The number of thioether (sulfide) groups is 1. The predicted octanol–water partition coefficient (Wildman–Crippen LogP) is -0.0332. The van der Waals surface area contributed by atoms with Crippen LogP contribution in [0.5, 0.6) is 0 Å². The third kappa shape index (κ3) is 2.26. The first-order chi connectivity index (χ1) is 8.13. The lowest BCUT2D eigenvalue weighted by Crippen LogP contribution is -2.42. The number of rotatable bonds is 3. The number of carbonyl (C=O) groups excluding carboxylic acids is 1. The van der Waals surface area contributed by atoms with Gasteiger partial charge in [-0.25, -0.2) is 9.78 Å². The highest BCUT2D eigenvalue weighted by atomic mass is 32.2. The Labute approximate surface area is 102 Å². The van der Waals surface area contributed by atoms with Gasteiger partial charge in [0.05, 0.1) is 5.88 Å². The maximum atomic E-state index is 12.0. The molecule has 1 fully saturated rings. The van der Waals surface area contributed by atoms with E-state index in [-0.39, 0.29) is 5.82 Å².